The van der Waals surface area contributed by atoms with E-state index >= 15 is 0 Å². The van der Waals surface area contributed by atoms with Crippen LogP contribution >= 0.6 is 15.9 Å². The first-order valence-corrected chi connectivity index (χ1v) is 5.24. The number of nitriles is 1. The molecule has 1 nitrogen and oxygen atoms in total. The summed E-state index contributed by atoms with van der Waals surface area (Å²) >= 11 is 3.13. The molecule has 80 valence electrons. The Balaban J connectivity index is 2.96. The molecule has 0 bridgehead atoms. The highest BCUT2D eigenvalue weighted by Crippen LogP contribution is 2.30. The molecule has 5 heteroatoms. The Morgan fingerprint density at radius 1 is 1.27 bits per heavy atom. The molecule has 0 amide bonds. The summed E-state index contributed by atoms with van der Waals surface area (Å²) in [6.45, 7) is 0. The van der Waals surface area contributed by atoms with Gasteiger partial charge >= 0.3 is 6.18 Å². The maximum atomic E-state index is 12.2. The second-order valence-electron chi connectivity index (χ2n) is 2.96. The van der Waals surface area contributed by atoms with Gasteiger partial charge in [0.05, 0.1) is 17.6 Å². The normalized spacial score (nSPS) is 13.3. The molecule has 15 heavy (non-hydrogen) atoms. The first kappa shape index (κ1) is 12.1. The maximum absolute atomic E-state index is 12.2. The molecule has 0 heterocycles. The molecule has 0 radical (unpaired) electrons. The van der Waals surface area contributed by atoms with Gasteiger partial charge in [0.15, 0.2) is 0 Å². The van der Waals surface area contributed by atoms with E-state index in [0.717, 1.165) is 12.1 Å². The quantitative estimate of drug-likeness (QED) is 0.756. The van der Waals surface area contributed by atoms with Crippen molar-refractivity contribution in [3.8, 4) is 6.07 Å². The molecule has 1 rings (SSSR count). The van der Waals surface area contributed by atoms with Gasteiger partial charge in [-0.05, 0) is 17.7 Å². The lowest BCUT2D eigenvalue weighted by molar-refractivity contribution is -0.137. The van der Waals surface area contributed by atoms with Gasteiger partial charge in [0.2, 0.25) is 0 Å². The first-order chi connectivity index (χ1) is 6.99. The minimum atomic E-state index is -4.32. The number of nitrogens with zero attached hydrogens (tertiary/aromatic N) is 1. The standard InChI is InChI=1S/C10H7BrF3N/c11-5-8(6-15)7-1-3-9(4-2-7)10(12,13)14/h1-4,8H,5H2/t8-/m1/s1. The van der Waals surface area contributed by atoms with Gasteiger partial charge in [-0.1, -0.05) is 28.1 Å². The molecule has 0 fully saturated rings. The lowest BCUT2D eigenvalue weighted by Crippen LogP contribution is -2.05. The third kappa shape index (κ3) is 2.96. The lowest BCUT2D eigenvalue weighted by atomic mass is 10.0. The predicted molar refractivity (Wildman–Crippen MR) is 53.6 cm³/mol. The average Bonchev–Trinajstić information content (AvgIpc) is 2.19. The van der Waals surface area contributed by atoms with Gasteiger partial charge in [-0.15, -0.1) is 0 Å². The van der Waals surface area contributed by atoms with E-state index in [9.17, 15) is 13.2 Å². The Hall–Kier alpha value is -1.02. The van der Waals surface area contributed by atoms with Gasteiger partial charge in [-0.25, -0.2) is 0 Å². The van der Waals surface area contributed by atoms with Crippen molar-refractivity contribution in [2.75, 3.05) is 5.33 Å². The maximum Gasteiger partial charge on any atom is 0.416 e. The van der Waals surface area contributed by atoms with E-state index < -0.39 is 17.7 Å². The van der Waals surface area contributed by atoms with Gasteiger partial charge < -0.3 is 0 Å². The second kappa shape index (κ2) is 4.67. The summed E-state index contributed by atoms with van der Waals surface area (Å²) in [6, 6.07) is 6.64. The number of hydrogen-bond acceptors (Lipinski definition) is 1. The van der Waals surface area contributed by atoms with Crippen LogP contribution in [0.1, 0.15) is 17.0 Å². The van der Waals surface area contributed by atoms with Crippen molar-refractivity contribution >= 4 is 15.9 Å². The molecule has 1 aromatic rings. The summed E-state index contributed by atoms with van der Waals surface area (Å²) in [6.07, 6.45) is -4.32. The van der Waals surface area contributed by atoms with Crippen molar-refractivity contribution in [2.45, 2.75) is 12.1 Å². The molecular formula is C10H7BrF3N. The second-order valence-corrected chi connectivity index (χ2v) is 3.60. The van der Waals surface area contributed by atoms with E-state index in [1.165, 1.54) is 12.1 Å². The summed E-state index contributed by atoms with van der Waals surface area (Å²) < 4.78 is 36.6. The molecule has 0 aliphatic carbocycles. The van der Waals surface area contributed by atoms with Crippen LogP contribution in [0, 0.1) is 11.3 Å². The molecule has 0 N–H and O–H groups in total. The third-order valence-electron chi connectivity index (χ3n) is 1.95. The molecule has 0 aromatic heterocycles. The largest absolute Gasteiger partial charge is 0.416 e. The fourth-order valence-electron chi connectivity index (χ4n) is 1.10. The van der Waals surface area contributed by atoms with Crippen LogP contribution in [0.2, 0.25) is 0 Å². The Kier molecular flexibility index (Phi) is 3.75. The topological polar surface area (TPSA) is 23.8 Å². The third-order valence-corrected chi connectivity index (χ3v) is 2.60. The van der Waals surface area contributed by atoms with Crippen LogP contribution in [0.4, 0.5) is 13.2 Å². The zero-order valence-electron chi connectivity index (χ0n) is 7.55. The van der Waals surface area contributed by atoms with Crippen molar-refractivity contribution in [1.82, 2.24) is 0 Å². The van der Waals surface area contributed by atoms with Gasteiger partial charge in [-0.3, -0.25) is 0 Å². The average molecular weight is 278 g/mol. The SMILES string of the molecule is N#C[C@@H](CBr)c1ccc(C(F)(F)F)cc1. The number of hydrogen-bond donors (Lipinski definition) is 0. The molecule has 1 aromatic carbocycles. The molecule has 0 aliphatic heterocycles. The fourth-order valence-corrected chi connectivity index (χ4v) is 1.62. The van der Waals surface area contributed by atoms with E-state index in [4.69, 9.17) is 5.26 Å². The summed E-state index contributed by atoms with van der Waals surface area (Å²) in [4.78, 5) is 0. The number of halogens is 4. The fraction of sp³-hybridized carbons (Fsp3) is 0.300. The van der Waals surface area contributed by atoms with E-state index in [2.05, 4.69) is 15.9 Å². The highest BCUT2D eigenvalue weighted by Gasteiger charge is 2.30. The van der Waals surface area contributed by atoms with E-state index in [0.29, 0.717) is 10.9 Å². The number of benzene rings is 1. The van der Waals surface area contributed by atoms with Gasteiger partial charge in [0.1, 0.15) is 0 Å². The Morgan fingerprint density at radius 3 is 2.13 bits per heavy atom. The molecule has 0 unspecified atom stereocenters. The van der Waals surface area contributed by atoms with Crippen LogP contribution in [0.5, 0.6) is 0 Å². The predicted octanol–water partition coefficient (Wildman–Crippen LogP) is 3.71. The van der Waals surface area contributed by atoms with Crippen LogP contribution in [-0.4, -0.2) is 5.33 Å². The van der Waals surface area contributed by atoms with Crippen molar-refractivity contribution in [3.05, 3.63) is 35.4 Å². The zero-order chi connectivity index (χ0) is 11.5. The highest BCUT2D eigenvalue weighted by atomic mass is 79.9. The lowest BCUT2D eigenvalue weighted by Gasteiger charge is -2.09. The summed E-state index contributed by atoms with van der Waals surface area (Å²) in [5.41, 5.74) is -0.111. The summed E-state index contributed by atoms with van der Waals surface area (Å²) in [5, 5.41) is 9.12. The van der Waals surface area contributed by atoms with E-state index in [-0.39, 0.29) is 0 Å². The first-order valence-electron chi connectivity index (χ1n) is 4.11. The van der Waals surface area contributed by atoms with Gasteiger partial charge in [0, 0.05) is 5.33 Å². The molecule has 1 atom stereocenters. The minimum absolute atomic E-state index is 0.410. The molecule has 0 saturated heterocycles. The van der Waals surface area contributed by atoms with Gasteiger partial charge in [-0.2, -0.15) is 18.4 Å². The van der Waals surface area contributed by atoms with Crippen molar-refractivity contribution in [1.29, 1.82) is 5.26 Å². The monoisotopic (exact) mass is 277 g/mol. The molecule has 0 aliphatic rings. The molecule has 0 saturated carbocycles. The molecule has 0 spiro atoms. The van der Waals surface area contributed by atoms with Gasteiger partial charge in [0.25, 0.3) is 0 Å². The number of rotatable bonds is 2. The Morgan fingerprint density at radius 2 is 1.80 bits per heavy atom. The molecular weight excluding hydrogens is 271 g/mol. The summed E-state index contributed by atoms with van der Waals surface area (Å²) in [5.74, 6) is -0.410. The van der Waals surface area contributed by atoms with E-state index in [1.807, 2.05) is 6.07 Å². The van der Waals surface area contributed by atoms with Crippen molar-refractivity contribution in [2.24, 2.45) is 0 Å². The van der Waals surface area contributed by atoms with Crippen LogP contribution < -0.4 is 0 Å². The smallest absolute Gasteiger partial charge is 0.198 e. The van der Waals surface area contributed by atoms with Crippen LogP contribution in [0.25, 0.3) is 0 Å². The van der Waals surface area contributed by atoms with Crippen LogP contribution in [0.15, 0.2) is 24.3 Å². The summed E-state index contributed by atoms with van der Waals surface area (Å²) in [7, 11) is 0. The Labute approximate surface area is 93.6 Å². The number of alkyl halides is 4. The van der Waals surface area contributed by atoms with E-state index in [1.54, 1.807) is 0 Å². The minimum Gasteiger partial charge on any atom is -0.198 e. The van der Waals surface area contributed by atoms with Crippen LogP contribution in [0.3, 0.4) is 0 Å². The van der Waals surface area contributed by atoms with Crippen LogP contribution in [-0.2, 0) is 6.18 Å². The highest BCUT2D eigenvalue weighted by molar-refractivity contribution is 9.09. The Bertz CT molecular complexity index is 364. The van der Waals surface area contributed by atoms with Crippen molar-refractivity contribution < 1.29 is 13.2 Å². The zero-order valence-corrected chi connectivity index (χ0v) is 9.14. The van der Waals surface area contributed by atoms with Crippen molar-refractivity contribution in [3.63, 3.8) is 0 Å².